The van der Waals surface area contributed by atoms with Crippen molar-refractivity contribution in [2.45, 2.75) is 32.9 Å². The highest BCUT2D eigenvalue weighted by molar-refractivity contribution is 6.32. The van der Waals surface area contributed by atoms with Crippen molar-refractivity contribution in [3.8, 4) is 11.8 Å². The van der Waals surface area contributed by atoms with E-state index in [1.165, 1.54) is 11.0 Å². The van der Waals surface area contributed by atoms with Gasteiger partial charge in [0.25, 0.3) is 5.91 Å². The number of likely N-dealkylation sites (N-methyl/N-ethyl adjacent to an activating group) is 1. The highest BCUT2D eigenvalue weighted by Crippen LogP contribution is 2.38. The molecule has 1 unspecified atom stereocenters. The molecule has 0 spiro atoms. The molecule has 0 aromatic heterocycles. The second-order valence-electron chi connectivity index (χ2n) is 8.95. The maximum Gasteiger partial charge on any atom is 0.417 e. The third-order valence-corrected chi connectivity index (χ3v) is 6.85. The van der Waals surface area contributed by atoms with Crippen LogP contribution in [0.25, 0.3) is 0 Å². The molecular weight excluding hydrogens is 509 g/mol. The van der Waals surface area contributed by atoms with Gasteiger partial charge in [-0.3, -0.25) is 14.9 Å². The molecule has 3 rings (SSSR count). The lowest BCUT2D eigenvalue weighted by atomic mass is 10.0. The lowest BCUT2D eigenvalue weighted by Gasteiger charge is -2.38. The molecule has 2 aliphatic carbocycles. The molecule has 0 aromatic carbocycles. The number of amides is 3. The van der Waals surface area contributed by atoms with Gasteiger partial charge in [0.2, 0.25) is 0 Å². The molecule has 1 heterocycles. The number of alkyl halides is 3. The predicted molar refractivity (Wildman–Crippen MR) is 134 cm³/mol. The third kappa shape index (κ3) is 7.28. The van der Waals surface area contributed by atoms with Gasteiger partial charge in [-0.15, -0.1) is 0 Å². The summed E-state index contributed by atoms with van der Waals surface area (Å²) in [6.07, 6.45) is 2.58. The van der Waals surface area contributed by atoms with E-state index in [-0.39, 0.29) is 25.1 Å². The van der Waals surface area contributed by atoms with Crippen LogP contribution in [-0.4, -0.2) is 77.3 Å². The summed E-state index contributed by atoms with van der Waals surface area (Å²) in [4.78, 5) is 30.8. The van der Waals surface area contributed by atoms with Gasteiger partial charge >= 0.3 is 12.2 Å². The summed E-state index contributed by atoms with van der Waals surface area (Å²) in [6.45, 7) is 6.69. The SMILES string of the molecule is CCN1CCN(C(=O)N(CC2=C/C#CCC(C(=O)NO)/C=C\2)C2=C(C)CC=C(Cl)C(C(F)(F)F)=C2)CC1. The van der Waals surface area contributed by atoms with Crippen molar-refractivity contribution in [2.24, 2.45) is 5.92 Å². The Bertz CT molecular complexity index is 1120. The van der Waals surface area contributed by atoms with Gasteiger partial charge in [0, 0.05) is 43.3 Å². The molecule has 3 aliphatic rings. The molecule has 37 heavy (non-hydrogen) atoms. The number of nitrogens with one attached hydrogen (secondary N) is 1. The molecule has 0 aromatic rings. The van der Waals surface area contributed by atoms with E-state index in [1.54, 1.807) is 35.5 Å². The molecule has 11 heteroatoms. The van der Waals surface area contributed by atoms with E-state index in [9.17, 15) is 22.8 Å². The van der Waals surface area contributed by atoms with Crippen LogP contribution < -0.4 is 5.48 Å². The Kier molecular flexibility index (Phi) is 9.65. The van der Waals surface area contributed by atoms with Crippen LogP contribution >= 0.6 is 11.6 Å². The summed E-state index contributed by atoms with van der Waals surface area (Å²) in [6, 6.07) is -0.421. The Morgan fingerprint density at radius 1 is 1.27 bits per heavy atom. The van der Waals surface area contributed by atoms with Gasteiger partial charge in [-0.1, -0.05) is 48.6 Å². The number of hydrogen-bond donors (Lipinski definition) is 2. The van der Waals surface area contributed by atoms with Crippen LogP contribution in [0.2, 0.25) is 0 Å². The number of urea groups is 1. The highest BCUT2D eigenvalue weighted by Gasteiger charge is 2.38. The first-order valence-electron chi connectivity index (χ1n) is 12.0. The maximum atomic E-state index is 13.8. The zero-order valence-corrected chi connectivity index (χ0v) is 21.5. The molecule has 1 saturated heterocycles. The largest absolute Gasteiger partial charge is 0.417 e. The Hall–Kier alpha value is -3.00. The second kappa shape index (κ2) is 12.5. The normalized spacial score (nSPS) is 23.3. The average Bonchev–Trinajstić information content (AvgIpc) is 3.01. The summed E-state index contributed by atoms with van der Waals surface area (Å²) in [5, 5.41) is 8.56. The van der Waals surface area contributed by atoms with Gasteiger partial charge in [-0.25, -0.2) is 10.3 Å². The molecule has 1 atom stereocenters. The maximum absolute atomic E-state index is 13.8. The van der Waals surface area contributed by atoms with Crippen molar-refractivity contribution >= 4 is 23.5 Å². The quantitative estimate of drug-likeness (QED) is 0.310. The lowest BCUT2D eigenvalue weighted by Crippen LogP contribution is -2.52. The fourth-order valence-corrected chi connectivity index (χ4v) is 4.44. The van der Waals surface area contributed by atoms with Gasteiger partial charge in [0.05, 0.1) is 18.0 Å². The van der Waals surface area contributed by atoms with Gasteiger partial charge < -0.3 is 9.80 Å². The number of hydrogen-bond acceptors (Lipinski definition) is 4. The van der Waals surface area contributed by atoms with Crippen molar-refractivity contribution in [3.05, 3.63) is 57.8 Å². The molecule has 0 saturated carbocycles. The molecule has 200 valence electrons. The van der Waals surface area contributed by atoms with Crippen molar-refractivity contribution in [3.63, 3.8) is 0 Å². The second-order valence-corrected chi connectivity index (χ2v) is 9.36. The molecule has 1 fully saturated rings. The monoisotopic (exact) mass is 538 g/mol. The van der Waals surface area contributed by atoms with E-state index in [0.29, 0.717) is 37.3 Å². The molecule has 0 bridgehead atoms. The van der Waals surface area contributed by atoms with Crippen molar-refractivity contribution < 1.29 is 28.0 Å². The number of hydroxylamine groups is 1. The first kappa shape index (κ1) is 28.6. The van der Waals surface area contributed by atoms with E-state index in [0.717, 1.165) is 12.6 Å². The number of nitrogens with zero attached hydrogens (tertiary/aromatic N) is 3. The first-order chi connectivity index (χ1) is 17.5. The number of allylic oxidation sites excluding steroid dienone is 6. The summed E-state index contributed by atoms with van der Waals surface area (Å²) < 4.78 is 41.5. The van der Waals surface area contributed by atoms with E-state index in [4.69, 9.17) is 16.8 Å². The summed E-state index contributed by atoms with van der Waals surface area (Å²) in [5.41, 5.74) is 1.78. The Balaban J connectivity index is 2.01. The van der Waals surface area contributed by atoms with Gasteiger partial charge in [0.15, 0.2) is 0 Å². The van der Waals surface area contributed by atoms with Crippen LogP contribution in [0.1, 0.15) is 26.7 Å². The minimum atomic E-state index is -4.71. The Labute approximate surface area is 219 Å². The fraction of sp³-hybridized carbons (Fsp3) is 0.462. The topological polar surface area (TPSA) is 76.1 Å². The molecule has 1 aliphatic heterocycles. The predicted octanol–water partition coefficient (Wildman–Crippen LogP) is 4.35. The van der Waals surface area contributed by atoms with Crippen molar-refractivity contribution in [1.82, 2.24) is 20.2 Å². The first-order valence-corrected chi connectivity index (χ1v) is 12.4. The number of carbonyl (C=O) groups is 2. The van der Waals surface area contributed by atoms with Crippen LogP contribution in [0.3, 0.4) is 0 Å². The van der Waals surface area contributed by atoms with E-state index < -0.39 is 34.6 Å². The van der Waals surface area contributed by atoms with E-state index in [1.807, 2.05) is 6.92 Å². The average molecular weight is 539 g/mol. The van der Waals surface area contributed by atoms with Gasteiger partial charge in [-0.2, -0.15) is 13.2 Å². The van der Waals surface area contributed by atoms with E-state index in [2.05, 4.69) is 16.7 Å². The standard InChI is InChI=1S/C26H30ClF3N4O3/c1-3-32-12-14-33(15-13-32)25(36)34(17-19-6-4-5-7-20(10-9-19)24(35)31-37)23-16-21(26(28,29)30)22(27)11-8-18(23)2/h6,9-11,16,20,37H,3,7-8,12-15,17H2,1-2H3,(H,31,35)/b10-9-,19-6+. The number of halogens is 4. The Morgan fingerprint density at radius 2 is 1.97 bits per heavy atom. The minimum absolute atomic E-state index is 0.0720. The number of rotatable bonds is 5. The molecule has 0 radical (unpaired) electrons. The van der Waals surface area contributed by atoms with Crippen LogP contribution in [0.15, 0.2) is 57.8 Å². The van der Waals surface area contributed by atoms with Crippen LogP contribution in [0, 0.1) is 17.8 Å². The summed E-state index contributed by atoms with van der Waals surface area (Å²) >= 11 is 5.99. The van der Waals surface area contributed by atoms with Crippen LogP contribution in [0.4, 0.5) is 18.0 Å². The Morgan fingerprint density at radius 3 is 2.59 bits per heavy atom. The van der Waals surface area contributed by atoms with Gasteiger partial charge in [0.1, 0.15) is 0 Å². The fourth-order valence-electron chi connectivity index (χ4n) is 4.21. The highest BCUT2D eigenvalue weighted by atomic mass is 35.5. The number of carbonyl (C=O) groups excluding carboxylic acids is 2. The third-order valence-electron chi connectivity index (χ3n) is 6.49. The van der Waals surface area contributed by atoms with Crippen LogP contribution in [-0.2, 0) is 4.79 Å². The lowest BCUT2D eigenvalue weighted by molar-refractivity contribution is -0.131. The van der Waals surface area contributed by atoms with Crippen molar-refractivity contribution in [1.29, 1.82) is 0 Å². The van der Waals surface area contributed by atoms with Crippen molar-refractivity contribution in [2.75, 3.05) is 39.3 Å². The van der Waals surface area contributed by atoms with Crippen LogP contribution in [0.5, 0.6) is 0 Å². The van der Waals surface area contributed by atoms with E-state index >= 15 is 0 Å². The summed E-state index contributed by atoms with van der Waals surface area (Å²) in [5.74, 6) is 4.30. The number of piperazine rings is 1. The molecular formula is C26H30ClF3N4O3. The summed E-state index contributed by atoms with van der Waals surface area (Å²) in [7, 11) is 0. The zero-order chi connectivity index (χ0) is 27.2. The smallest absolute Gasteiger partial charge is 0.322 e. The molecule has 2 N–H and O–H groups in total. The minimum Gasteiger partial charge on any atom is -0.322 e. The zero-order valence-electron chi connectivity index (χ0n) is 20.7. The molecule has 3 amide bonds. The van der Waals surface area contributed by atoms with Gasteiger partial charge in [-0.05, 0) is 43.2 Å². The molecule has 7 nitrogen and oxygen atoms in total.